The van der Waals surface area contributed by atoms with Gasteiger partial charge >= 0.3 is 7.82 Å². The number of quaternary nitrogens is 1. The van der Waals surface area contributed by atoms with Crippen LogP contribution in [0.15, 0.2) is 24.3 Å². The lowest BCUT2D eigenvalue weighted by Crippen LogP contribution is -2.37. The molecule has 0 aromatic heterocycles. The van der Waals surface area contributed by atoms with Crippen molar-refractivity contribution in [2.24, 2.45) is 0 Å². The van der Waals surface area contributed by atoms with Crippen molar-refractivity contribution in [1.82, 2.24) is 0 Å². The standard InChI is InChI=1S/C34H68NO6P/c1-6-7-8-9-10-11-12-13-14-15-16-17-18-19-20-21-22-23-24-25-26-27-28-30-39-33-34(32-38-5)41-42(36,37)40-31-29-35(2,3)4/h11-12,23-24,34H,6-10,13-22,25-33H2,1-5H3/p+1/b12-11-,24-23-/t34-/m0/s1. The molecule has 0 heterocycles. The number of hydrogen-bond donors (Lipinski definition) is 1. The minimum atomic E-state index is -4.14. The molecule has 42 heavy (non-hydrogen) atoms. The van der Waals surface area contributed by atoms with Crippen molar-refractivity contribution in [2.75, 3.05) is 61.2 Å². The van der Waals surface area contributed by atoms with E-state index < -0.39 is 13.9 Å². The Hall–Kier alpha value is -0.530. The second kappa shape index (κ2) is 29.2. The molecule has 0 radical (unpaired) electrons. The van der Waals surface area contributed by atoms with Crippen LogP contribution in [-0.4, -0.2) is 76.7 Å². The monoisotopic (exact) mass is 618 g/mol. The molecule has 0 bridgehead atoms. The summed E-state index contributed by atoms with van der Waals surface area (Å²) in [6.07, 6.45) is 33.3. The third-order valence-corrected chi connectivity index (χ3v) is 8.24. The van der Waals surface area contributed by atoms with E-state index in [2.05, 4.69) is 31.2 Å². The van der Waals surface area contributed by atoms with Gasteiger partial charge in [-0.05, 0) is 57.8 Å². The summed E-state index contributed by atoms with van der Waals surface area (Å²) in [4.78, 5) is 9.99. The molecule has 1 unspecified atom stereocenters. The van der Waals surface area contributed by atoms with Gasteiger partial charge in [-0.2, -0.15) is 0 Å². The highest BCUT2D eigenvalue weighted by atomic mass is 31.2. The van der Waals surface area contributed by atoms with Crippen LogP contribution in [0.25, 0.3) is 0 Å². The predicted molar refractivity (Wildman–Crippen MR) is 178 cm³/mol. The molecule has 0 spiro atoms. The maximum atomic E-state index is 12.2. The summed E-state index contributed by atoms with van der Waals surface area (Å²) in [5.41, 5.74) is 0. The lowest BCUT2D eigenvalue weighted by atomic mass is 10.1. The van der Waals surface area contributed by atoms with Crippen molar-refractivity contribution >= 4 is 7.82 Å². The number of rotatable bonds is 32. The van der Waals surface area contributed by atoms with Crippen LogP contribution in [0.2, 0.25) is 0 Å². The van der Waals surface area contributed by atoms with Crippen molar-refractivity contribution in [1.29, 1.82) is 0 Å². The first-order valence-corrected chi connectivity index (χ1v) is 18.5. The molecule has 2 atom stereocenters. The molecule has 7 nitrogen and oxygen atoms in total. The lowest BCUT2D eigenvalue weighted by molar-refractivity contribution is -0.870. The third kappa shape index (κ3) is 32.4. The zero-order chi connectivity index (χ0) is 31.2. The van der Waals surface area contributed by atoms with Gasteiger partial charge in [0.1, 0.15) is 19.3 Å². The summed E-state index contributed by atoms with van der Waals surface area (Å²) >= 11 is 0. The van der Waals surface area contributed by atoms with Crippen LogP contribution >= 0.6 is 7.82 Å². The predicted octanol–water partition coefficient (Wildman–Crippen LogP) is 9.40. The van der Waals surface area contributed by atoms with E-state index in [1.807, 2.05) is 21.1 Å². The summed E-state index contributed by atoms with van der Waals surface area (Å²) in [6, 6.07) is 0. The number of nitrogens with zero attached hydrogens (tertiary/aromatic N) is 1. The maximum Gasteiger partial charge on any atom is 0.472 e. The van der Waals surface area contributed by atoms with E-state index >= 15 is 0 Å². The molecule has 0 saturated carbocycles. The van der Waals surface area contributed by atoms with Crippen LogP contribution in [0.3, 0.4) is 0 Å². The van der Waals surface area contributed by atoms with Crippen LogP contribution in [0.1, 0.15) is 129 Å². The zero-order valence-electron chi connectivity index (χ0n) is 28.2. The van der Waals surface area contributed by atoms with Gasteiger partial charge in [0.15, 0.2) is 0 Å². The second-order valence-corrected chi connectivity index (χ2v) is 14.0. The Bertz CT molecular complexity index is 679. The van der Waals surface area contributed by atoms with E-state index in [0.29, 0.717) is 17.6 Å². The molecule has 0 saturated heterocycles. The SMILES string of the molecule is CCCCCC/C=C\CCCCCCCCCC/C=C\CCCCCOC[C@H](COC)OP(=O)(O)OCC[N+](C)(C)C. The molecule has 0 aliphatic heterocycles. The quantitative estimate of drug-likeness (QED) is 0.0350. The third-order valence-electron chi connectivity index (χ3n) is 7.16. The maximum absolute atomic E-state index is 12.2. The smallest absolute Gasteiger partial charge is 0.382 e. The van der Waals surface area contributed by atoms with Gasteiger partial charge in [0.05, 0.1) is 34.4 Å². The van der Waals surface area contributed by atoms with Crippen LogP contribution in [-0.2, 0) is 23.1 Å². The van der Waals surface area contributed by atoms with E-state index in [1.54, 1.807) is 0 Å². The Labute approximate surface area is 260 Å². The lowest BCUT2D eigenvalue weighted by Gasteiger charge is -2.25. The van der Waals surface area contributed by atoms with Gasteiger partial charge in [-0.25, -0.2) is 4.57 Å². The average molecular weight is 619 g/mol. The Morgan fingerprint density at radius 1 is 0.667 bits per heavy atom. The molecule has 0 aromatic rings. The van der Waals surface area contributed by atoms with Gasteiger partial charge < -0.3 is 18.9 Å². The number of ether oxygens (including phenoxy) is 2. The summed E-state index contributed by atoms with van der Waals surface area (Å²) in [5, 5.41) is 0. The Morgan fingerprint density at radius 3 is 1.57 bits per heavy atom. The minimum absolute atomic E-state index is 0.143. The topological polar surface area (TPSA) is 74.2 Å². The average Bonchev–Trinajstić information content (AvgIpc) is 2.92. The summed E-state index contributed by atoms with van der Waals surface area (Å²) in [6.45, 7) is 3.99. The fourth-order valence-corrected chi connectivity index (χ4v) is 5.42. The van der Waals surface area contributed by atoms with E-state index in [-0.39, 0.29) is 19.8 Å². The van der Waals surface area contributed by atoms with E-state index in [0.717, 1.165) is 25.7 Å². The highest BCUT2D eigenvalue weighted by Gasteiger charge is 2.27. The number of phosphoric acid groups is 1. The first kappa shape index (κ1) is 41.5. The molecule has 0 rings (SSSR count). The van der Waals surface area contributed by atoms with Crippen molar-refractivity contribution < 1.29 is 32.5 Å². The highest BCUT2D eigenvalue weighted by Crippen LogP contribution is 2.44. The molecule has 0 aliphatic rings. The van der Waals surface area contributed by atoms with E-state index in [1.165, 1.54) is 103 Å². The van der Waals surface area contributed by atoms with Crippen LogP contribution in [0.4, 0.5) is 0 Å². The molecule has 0 amide bonds. The number of likely N-dealkylation sites (N-methyl/N-ethyl adjacent to an activating group) is 1. The molecule has 1 N–H and O–H groups in total. The first-order valence-electron chi connectivity index (χ1n) is 17.0. The van der Waals surface area contributed by atoms with E-state index in [4.69, 9.17) is 18.5 Å². The Balaban J connectivity index is 3.56. The molecule has 250 valence electrons. The van der Waals surface area contributed by atoms with Crippen LogP contribution < -0.4 is 0 Å². The molecule has 0 aromatic carbocycles. The van der Waals surface area contributed by atoms with Gasteiger partial charge in [-0.1, -0.05) is 95.4 Å². The number of phosphoric ester groups is 1. The minimum Gasteiger partial charge on any atom is -0.382 e. The highest BCUT2D eigenvalue weighted by molar-refractivity contribution is 7.47. The Kier molecular flexibility index (Phi) is 28.8. The molecule has 8 heteroatoms. The summed E-state index contributed by atoms with van der Waals surface area (Å²) in [7, 11) is 3.36. The number of unbranched alkanes of at least 4 members (excludes halogenated alkanes) is 16. The molecule has 0 fully saturated rings. The fraction of sp³-hybridized carbons (Fsp3) is 0.882. The number of allylic oxidation sites excluding steroid dienone is 4. The largest absolute Gasteiger partial charge is 0.472 e. The normalized spacial score (nSPS) is 14.7. The van der Waals surface area contributed by atoms with Crippen molar-refractivity contribution in [3.8, 4) is 0 Å². The molecular weight excluding hydrogens is 549 g/mol. The summed E-state index contributed by atoms with van der Waals surface area (Å²) < 4.78 is 34.0. The van der Waals surface area contributed by atoms with Crippen molar-refractivity contribution in [3.63, 3.8) is 0 Å². The Morgan fingerprint density at radius 2 is 1.12 bits per heavy atom. The van der Waals surface area contributed by atoms with Crippen molar-refractivity contribution in [2.45, 2.75) is 135 Å². The van der Waals surface area contributed by atoms with E-state index in [9.17, 15) is 9.46 Å². The second-order valence-electron chi connectivity index (χ2n) is 12.6. The number of methoxy groups -OCH3 is 1. The van der Waals surface area contributed by atoms with Crippen molar-refractivity contribution in [3.05, 3.63) is 24.3 Å². The van der Waals surface area contributed by atoms with Crippen LogP contribution in [0, 0.1) is 0 Å². The fourth-order valence-electron chi connectivity index (χ4n) is 4.55. The van der Waals surface area contributed by atoms with Gasteiger partial charge in [0, 0.05) is 13.7 Å². The van der Waals surface area contributed by atoms with Crippen LogP contribution in [0.5, 0.6) is 0 Å². The van der Waals surface area contributed by atoms with Gasteiger partial charge in [-0.3, -0.25) is 9.05 Å². The van der Waals surface area contributed by atoms with Gasteiger partial charge in [0.2, 0.25) is 0 Å². The summed E-state index contributed by atoms with van der Waals surface area (Å²) in [5.74, 6) is 0. The molecular formula is C34H69NO6P+. The van der Waals surface area contributed by atoms with Gasteiger partial charge in [-0.15, -0.1) is 0 Å². The first-order chi connectivity index (χ1) is 20.2. The molecule has 0 aliphatic carbocycles. The van der Waals surface area contributed by atoms with Gasteiger partial charge in [0.25, 0.3) is 0 Å². The number of hydrogen-bond acceptors (Lipinski definition) is 5. The zero-order valence-corrected chi connectivity index (χ0v) is 29.1.